The van der Waals surface area contributed by atoms with Gasteiger partial charge < -0.3 is 4.42 Å². The van der Waals surface area contributed by atoms with Crippen molar-refractivity contribution < 1.29 is 19.1 Å². The molecule has 0 aliphatic rings. The normalized spacial score (nSPS) is 11.1. The smallest absolute Gasteiger partial charge is 0.307 e. The molecule has 2 heterocycles. The van der Waals surface area contributed by atoms with Gasteiger partial charge in [-0.05, 0) is 24.3 Å². The van der Waals surface area contributed by atoms with Gasteiger partial charge in [-0.2, -0.15) is 5.10 Å². The van der Waals surface area contributed by atoms with Gasteiger partial charge in [0, 0.05) is 23.8 Å². The van der Waals surface area contributed by atoms with Crippen molar-refractivity contribution in [1.29, 1.82) is 0 Å². The topological polar surface area (TPSA) is 154 Å². The standard InChI is InChI=1S/C19H11N5O6S2/c25-18(15-2-1-7-30-15)22-20-10-11-3-6-16(14(8-11)24(28)29)31-19-21-13-5-4-12(23(26)27)9-17(13)32-19/h1-10H,(H,22,25)/b20-10+. The molecule has 11 nitrogen and oxygen atoms in total. The molecule has 32 heavy (non-hydrogen) atoms. The molecule has 13 heteroatoms. The van der Waals surface area contributed by atoms with Crippen LogP contribution in [0.15, 0.2) is 73.5 Å². The van der Waals surface area contributed by atoms with E-state index in [1.807, 2.05) is 0 Å². The minimum Gasteiger partial charge on any atom is -0.459 e. The molecule has 1 amide bonds. The summed E-state index contributed by atoms with van der Waals surface area (Å²) < 4.78 is 6.07. The number of non-ortho nitro benzene ring substituents is 1. The molecule has 0 radical (unpaired) electrons. The number of hydrogen-bond donors (Lipinski definition) is 1. The van der Waals surface area contributed by atoms with E-state index < -0.39 is 15.8 Å². The lowest BCUT2D eigenvalue weighted by Crippen LogP contribution is -2.16. The highest BCUT2D eigenvalue weighted by Crippen LogP contribution is 2.39. The van der Waals surface area contributed by atoms with Crippen LogP contribution in [-0.4, -0.2) is 27.0 Å². The Labute approximate surface area is 187 Å². The van der Waals surface area contributed by atoms with Gasteiger partial charge in [0.15, 0.2) is 10.1 Å². The zero-order valence-corrected chi connectivity index (χ0v) is 17.5. The third-order valence-electron chi connectivity index (χ3n) is 4.06. The molecule has 160 valence electrons. The number of amides is 1. The molecule has 0 fully saturated rings. The minimum atomic E-state index is -0.552. The second-order valence-corrected chi connectivity index (χ2v) is 8.47. The van der Waals surface area contributed by atoms with Crippen LogP contribution in [0.4, 0.5) is 11.4 Å². The summed E-state index contributed by atoms with van der Waals surface area (Å²) in [5, 5.41) is 26.3. The third-order valence-corrected chi connectivity index (χ3v) is 6.21. The Morgan fingerprint density at radius 1 is 1.16 bits per heavy atom. The monoisotopic (exact) mass is 469 g/mol. The van der Waals surface area contributed by atoms with Crippen molar-refractivity contribution in [2.24, 2.45) is 5.10 Å². The van der Waals surface area contributed by atoms with Crippen LogP contribution in [0.5, 0.6) is 0 Å². The number of thiazole rings is 1. The predicted molar refractivity (Wildman–Crippen MR) is 117 cm³/mol. The van der Waals surface area contributed by atoms with Crippen molar-refractivity contribution in [1.82, 2.24) is 10.4 Å². The molecule has 0 aliphatic heterocycles. The van der Waals surface area contributed by atoms with Gasteiger partial charge in [-0.25, -0.2) is 10.4 Å². The third kappa shape index (κ3) is 4.63. The summed E-state index contributed by atoms with van der Waals surface area (Å²) >= 11 is 2.29. The molecule has 1 N–H and O–H groups in total. The number of carbonyl (C=O) groups is 1. The molecule has 2 aromatic heterocycles. The minimum absolute atomic E-state index is 0.0496. The molecule has 4 rings (SSSR count). The molecule has 0 unspecified atom stereocenters. The molecule has 0 spiro atoms. The van der Waals surface area contributed by atoms with Crippen LogP contribution in [0.1, 0.15) is 16.1 Å². The first-order chi connectivity index (χ1) is 15.4. The van der Waals surface area contributed by atoms with Gasteiger partial charge in [0.25, 0.3) is 11.4 Å². The first-order valence-electron chi connectivity index (χ1n) is 8.79. The van der Waals surface area contributed by atoms with Gasteiger partial charge in [0.05, 0.1) is 37.4 Å². The van der Waals surface area contributed by atoms with E-state index in [9.17, 15) is 25.0 Å². The molecule has 0 saturated heterocycles. The fourth-order valence-corrected chi connectivity index (χ4v) is 4.76. The van der Waals surface area contributed by atoms with E-state index in [0.29, 0.717) is 25.0 Å². The quantitative estimate of drug-likeness (QED) is 0.234. The second-order valence-electron chi connectivity index (χ2n) is 6.15. The highest BCUT2D eigenvalue weighted by Gasteiger charge is 2.18. The maximum Gasteiger partial charge on any atom is 0.307 e. The van der Waals surface area contributed by atoms with Crippen LogP contribution in [0.2, 0.25) is 0 Å². The van der Waals surface area contributed by atoms with Gasteiger partial charge in [-0.15, -0.1) is 11.3 Å². The number of carbonyl (C=O) groups excluding carboxylic acids is 1. The van der Waals surface area contributed by atoms with E-state index in [2.05, 4.69) is 15.5 Å². The molecule has 0 atom stereocenters. The Hall–Kier alpha value is -4.10. The molecule has 0 saturated carbocycles. The predicted octanol–water partition coefficient (Wildman–Crippen LogP) is 4.62. The summed E-state index contributed by atoms with van der Waals surface area (Å²) in [6.07, 6.45) is 2.63. The highest BCUT2D eigenvalue weighted by atomic mass is 32.2. The van der Waals surface area contributed by atoms with Crippen molar-refractivity contribution in [2.75, 3.05) is 0 Å². The van der Waals surface area contributed by atoms with Crippen molar-refractivity contribution in [2.45, 2.75) is 9.24 Å². The van der Waals surface area contributed by atoms with Crippen molar-refractivity contribution in [3.05, 3.63) is 86.3 Å². The summed E-state index contributed by atoms with van der Waals surface area (Å²) in [5.74, 6) is -0.468. The van der Waals surface area contributed by atoms with Crippen LogP contribution >= 0.6 is 23.1 Å². The Kier molecular flexibility index (Phi) is 5.91. The Balaban J connectivity index is 1.53. The largest absolute Gasteiger partial charge is 0.459 e. The number of rotatable bonds is 7. The van der Waals surface area contributed by atoms with E-state index in [-0.39, 0.29) is 17.1 Å². The van der Waals surface area contributed by atoms with Crippen molar-refractivity contribution in [3.63, 3.8) is 0 Å². The summed E-state index contributed by atoms with van der Waals surface area (Å²) in [6.45, 7) is 0. The molecule has 0 aliphatic carbocycles. The zero-order valence-electron chi connectivity index (χ0n) is 15.8. The summed E-state index contributed by atoms with van der Waals surface area (Å²) in [5.41, 5.74) is 3.03. The molecular weight excluding hydrogens is 458 g/mol. The lowest BCUT2D eigenvalue weighted by molar-refractivity contribution is -0.387. The summed E-state index contributed by atoms with van der Waals surface area (Å²) in [6, 6.07) is 11.8. The summed E-state index contributed by atoms with van der Waals surface area (Å²) in [4.78, 5) is 38.0. The van der Waals surface area contributed by atoms with E-state index in [1.165, 1.54) is 48.1 Å². The number of nitrogens with zero attached hydrogens (tertiary/aromatic N) is 4. The van der Waals surface area contributed by atoms with Gasteiger partial charge in [-0.1, -0.05) is 17.8 Å². The SMILES string of the molecule is O=C(N/N=C/c1ccc(Sc2nc3ccc([N+](=O)[O-])cc3s2)c([N+](=O)[O-])c1)c1ccco1. The fraction of sp³-hybridized carbons (Fsp3) is 0. The average Bonchev–Trinajstić information content (AvgIpc) is 3.43. The molecule has 0 bridgehead atoms. The lowest BCUT2D eigenvalue weighted by atomic mass is 10.2. The Bertz CT molecular complexity index is 1370. The van der Waals surface area contributed by atoms with Crippen molar-refractivity contribution in [3.8, 4) is 0 Å². The number of fused-ring (bicyclic) bond motifs is 1. The number of hydrogen-bond acceptors (Lipinski definition) is 10. The second kappa shape index (κ2) is 8.95. The zero-order chi connectivity index (χ0) is 22.7. The number of furan rings is 1. The van der Waals surface area contributed by atoms with E-state index >= 15 is 0 Å². The number of hydrazone groups is 1. The van der Waals surface area contributed by atoms with Crippen LogP contribution in [0, 0.1) is 20.2 Å². The number of nitro groups is 2. The van der Waals surface area contributed by atoms with E-state index in [0.717, 1.165) is 11.8 Å². The van der Waals surface area contributed by atoms with E-state index in [1.54, 1.807) is 24.3 Å². The number of benzene rings is 2. The van der Waals surface area contributed by atoms with Crippen LogP contribution in [0.25, 0.3) is 10.2 Å². The Morgan fingerprint density at radius 2 is 2.00 bits per heavy atom. The first kappa shape index (κ1) is 21.1. The number of nitro benzene ring substituents is 2. The van der Waals surface area contributed by atoms with Crippen molar-refractivity contribution >= 4 is 56.8 Å². The lowest BCUT2D eigenvalue weighted by Gasteiger charge is -2.02. The van der Waals surface area contributed by atoms with Gasteiger partial charge in [0.1, 0.15) is 0 Å². The van der Waals surface area contributed by atoms with Gasteiger partial charge >= 0.3 is 5.91 Å². The van der Waals surface area contributed by atoms with Crippen LogP contribution in [0.3, 0.4) is 0 Å². The average molecular weight is 469 g/mol. The maximum absolute atomic E-state index is 11.8. The number of nitrogens with one attached hydrogen (secondary N) is 1. The summed E-state index contributed by atoms with van der Waals surface area (Å²) in [7, 11) is 0. The van der Waals surface area contributed by atoms with Crippen LogP contribution in [-0.2, 0) is 0 Å². The first-order valence-corrected chi connectivity index (χ1v) is 10.4. The van der Waals surface area contributed by atoms with E-state index in [4.69, 9.17) is 4.42 Å². The maximum atomic E-state index is 11.8. The fourth-order valence-electron chi connectivity index (χ4n) is 2.62. The van der Waals surface area contributed by atoms with Gasteiger partial charge in [-0.3, -0.25) is 25.0 Å². The molecule has 2 aromatic carbocycles. The molecular formula is C19H11N5O6S2. The highest BCUT2D eigenvalue weighted by molar-refractivity contribution is 8.01. The van der Waals surface area contributed by atoms with Gasteiger partial charge in [0.2, 0.25) is 0 Å². The molecule has 4 aromatic rings. The number of aromatic nitrogens is 1. The van der Waals surface area contributed by atoms with Crippen LogP contribution < -0.4 is 5.43 Å². The Morgan fingerprint density at radius 3 is 2.72 bits per heavy atom.